The van der Waals surface area contributed by atoms with Crippen LogP contribution >= 0.6 is 0 Å². The first-order valence-electron chi connectivity index (χ1n) is 5.88. The van der Waals surface area contributed by atoms with E-state index in [9.17, 15) is 22.8 Å². The summed E-state index contributed by atoms with van der Waals surface area (Å²) in [4.78, 5) is 21.2. The van der Waals surface area contributed by atoms with Crippen LogP contribution < -0.4 is 5.32 Å². The van der Waals surface area contributed by atoms with Gasteiger partial charge in [-0.2, -0.15) is 13.2 Å². The average molecular weight is 267 g/mol. The molecule has 1 rings (SSSR count). The van der Waals surface area contributed by atoms with Crippen molar-refractivity contribution in [3.8, 4) is 0 Å². The fourth-order valence-corrected chi connectivity index (χ4v) is 2.19. The first-order valence-corrected chi connectivity index (χ1v) is 5.88. The first-order chi connectivity index (χ1) is 8.30. The molecule has 0 bridgehead atoms. The van der Waals surface area contributed by atoms with Gasteiger partial charge in [0.15, 0.2) is 0 Å². The number of carbonyl (C=O) groups excluding carboxylic acids is 1. The summed E-state index contributed by atoms with van der Waals surface area (Å²) in [5.41, 5.74) is 0. The monoisotopic (exact) mass is 267 g/mol. The third-order valence-electron chi connectivity index (χ3n) is 3.29. The van der Waals surface area contributed by atoms with E-state index in [2.05, 4.69) is 0 Å². The van der Waals surface area contributed by atoms with Crippen molar-refractivity contribution in [2.24, 2.45) is 11.8 Å². The Labute approximate surface area is 103 Å². The fourth-order valence-electron chi connectivity index (χ4n) is 2.19. The smallest absolute Gasteiger partial charge is 0.471 e. The Morgan fingerprint density at radius 1 is 1.17 bits per heavy atom. The second-order valence-electron chi connectivity index (χ2n) is 4.60. The Morgan fingerprint density at radius 3 is 2.17 bits per heavy atom. The van der Waals surface area contributed by atoms with E-state index in [1.807, 2.05) is 5.32 Å². The number of nitrogens with one attached hydrogen (secondary N) is 1. The Bertz CT molecular complexity index is 309. The molecule has 2 N–H and O–H groups in total. The number of halogens is 3. The van der Waals surface area contributed by atoms with Gasteiger partial charge in [0, 0.05) is 6.54 Å². The van der Waals surface area contributed by atoms with Crippen LogP contribution in [0.1, 0.15) is 32.1 Å². The van der Waals surface area contributed by atoms with Crippen LogP contribution in [0.15, 0.2) is 0 Å². The van der Waals surface area contributed by atoms with Gasteiger partial charge in [0.05, 0.1) is 5.92 Å². The second-order valence-corrected chi connectivity index (χ2v) is 4.60. The maximum absolute atomic E-state index is 11.9. The molecule has 0 saturated heterocycles. The minimum atomic E-state index is -4.83. The van der Waals surface area contributed by atoms with Crippen molar-refractivity contribution >= 4 is 11.9 Å². The number of rotatable bonds is 4. The van der Waals surface area contributed by atoms with E-state index >= 15 is 0 Å². The van der Waals surface area contributed by atoms with Gasteiger partial charge in [0.25, 0.3) is 0 Å². The normalized spacial score (nSPS) is 24.6. The van der Waals surface area contributed by atoms with Crippen molar-refractivity contribution in [3.05, 3.63) is 0 Å². The van der Waals surface area contributed by atoms with E-state index in [0.717, 1.165) is 0 Å². The fraction of sp³-hybridized carbons (Fsp3) is 0.818. The largest absolute Gasteiger partial charge is 0.481 e. The highest BCUT2D eigenvalue weighted by molar-refractivity contribution is 5.81. The molecule has 0 spiro atoms. The van der Waals surface area contributed by atoms with Crippen molar-refractivity contribution in [1.82, 2.24) is 5.32 Å². The zero-order chi connectivity index (χ0) is 13.8. The van der Waals surface area contributed by atoms with E-state index < -0.39 is 18.1 Å². The second kappa shape index (κ2) is 6.06. The topological polar surface area (TPSA) is 66.4 Å². The van der Waals surface area contributed by atoms with Crippen molar-refractivity contribution < 1.29 is 27.9 Å². The maximum atomic E-state index is 11.9. The number of carbonyl (C=O) groups is 2. The highest BCUT2D eigenvalue weighted by Crippen LogP contribution is 2.30. The van der Waals surface area contributed by atoms with Crippen molar-refractivity contribution in [2.45, 2.75) is 38.3 Å². The number of aliphatic carboxylic acids is 1. The third-order valence-corrected chi connectivity index (χ3v) is 3.29. The average Bonchev–Trinajstić information content (AvgIpc) is 2.28. The predicted molar refractivity (Wildman–Crippen MR) is 56.8 cm³/mol. The highest BCUT2D eigenvalue weighted by Gasteiger charge is 2.38. The van der Waals surface area contributed by atoms with E-state index in [4.69, 9.17) is 5.11 Å². The molecule has 0 radical (unpaired) electrons. The van der Waals surface area contributed by atoms with Crippen molar-refractivity contribution in [1.29, 1.82) is 0 Å². The quantitative estimate of drug-likeness (QED) is 0.818. The van der Waals surface area contributed by atoms with Crippen LogP contribution in [0.4, 0.5) is 13.2 Å². The highest BCUT2D eigenvalue weighted by atomic mass is 19.4. The van der Waals surface area contributed by atoms with Gasteiger partial charge in [-0.15, -0.1) is 0 Å². The lowest BCUT2D eigenvalue weighted by Gasteiger charge is -2.26. The molecule has 0 aliphatic heterocycles. The minimum Gasteiger partial charge on any atom is -0.481 e. The molecule has 0 atom stereocenters. The summed E-state index contributed by atoms with van der Waals surface area (Å²) in [6.45, 7) is -0.0131. The van der Waals surface area contributed by atoms with Crippen LogP contribution in [-0.4, -0.2) is 29.7 Å². The first kappa shape index (κ1) is 14.8. The molecule has 0 unspecified atom stereocenters. The molecule has 18 heavy (non-hydrogen) atoms. The lowest BCUT2D eigenvalue weighted by molar-refractivity contribution is -0.173. The number of hydrogen-bond donors (Lipinski definition) is 2. The lowest BCUT2D eigenvalue weighted by atomic mass is 9.80. The Kier molecular flexibility index (Phi) is 4.98. The maximum Gasteiger partial charge on any atom is 0.471 e. The van der Waals surface area contributed by atoms with Crippen molar-refractivity contribution in [3.63, 3.8) is 0 Å². The molecule has 0 aromatic rings. The predicted octanol–water partition coefficient (Wildman–Crippen LogP) is 1.95. The van der Waals surface area contributed by atoms with Gasteiger partial charge < -0.3 is 10.4 Å². The molecule has 1 fully saturated rings. The van der Waals surface area contributed by atoms with E-state index in [0.29, 0.717) is 32.1 Å². The van der Waals surface area contributed by atoms with Gasteiger partial charge in [-0.05, 0) is 38.0 Å². The van der Waals surface area contributed by atoms with Crippen LogP contribution in [-0.2, 0) is 9.59 Å². The summed E-state index contributed by atoms with van der Waals surface area (Å²) in [6.07, 6.45) is -1.85. The van der Waals surface area contributed by atoms with E-state index in [-0.39, 0.29) is 18.4 Å². The lowest BCUT2D eigenvalue weighted by Crippen LogP contribution is -2.38. The van der Waals surface area contributed by atoms with Gasteiger partial charge in [0.1, 0.15) is 0 Å². The molecule has 1 aliphatic carbocycles. The number of hydrogen-bond acceptors (Lipinski definition) is 2. The molecule has 7 heteroatoms. The molecule has 0 heterocycles. The van der Waals surface area contributed by atoms with Crippen LogP contribution in [0.5, 0.6) is 0 Å². The molecule has 104 valence electrons. The summed E-state index contributed by atoms with van der Waals surface area (Å²) < 4.78 is 35.6. The van der Waals surface area contributed by atoms with Gasteiger partial charge in [0.2, 0.25) is 0 Å². The number of carboxylic acids is 1. The summed E-state index contributed by atoms with van der Waals surface area (Å²) >= 11 is 0. The summed E-state index contributed by atoms with van der Waals surface area (Å²) in [7, 11) is 0. The molecule has 0 aromatic carbocycles. The minimum absolute atomic E-state index is 0.0131. The molecule has 4 nitrogen and oxygen atoms in total. The van der Waals surface area contributed by atoms with Crippen LogP contribution in [0.25, 0.3) is 0 Å². The SMILES string of the molecule is O=C(O)C1CCC(CCNC(=O)C(F)(F)F)CC1. The van der Waals surface area contributed by atoms with Crippen LogP contribution in [0, 0.1) is 11.8 Å². The number of amides is 1. The van der Waals surface area contributed by atoms with E-state index in [1.54, 1.807) is 0 Å². The summed E-state index contributed by atoms with van der Waals surface area (Å²) in [5, 5.41) is 10.6. The van der Waals surface area contributed by atoms with Crippen LogP contribution in [0.3, 0.4) is 0 Å². The summed E-state index contributed by atoms with van der Waals surface area (Å²) in [6, 6.07) is 0. The molecule has 1 saturated carbocycles. The number of alkyl halides is 3. The van der Waals surface area contributed by atoms with Gasteiger partial charge >= 0.3 is 18.1 Å². The molecule has 1 aliphatic rings. The Balaban J connectivity index is 2.19. The Hall–Kier alpha value is -1.27. The van der Waals surface area contributed by atoms with Gasteiger partial charge in [-0.1, -0.05) is 0 Å². The standard InChI is InChI=1S/C11H16F3NO3/c12-11(13,14)10(18)15-6-5-7-1-3-8(4-2-7)9(16)17/h7-8H,1-6H2,(H,15,18)(H,16,17). The molecule has 0 aromatic heterocycles. The van der Waals surface area contributed by atoms with Gasteiger partial charge in [-0.25, -0.2) is 0 Å². The zero-order valence-electron chi connectivity index (χ0n) is 9.79. The Morgan fingerprint density at radius 2 is 1.72 bits per heavy atom. The molecular formula is C11H16F3NO3. The summed E-state index contributed by atoms with van der Waals surface area (Å²) in [5.74, 6) is -2.85. The van der Waals surface area contributed by atoms with Crippen LogP contribution in [0.2, 0.25) is 0 Å². The van der Waals surface area contributed by atoms with Gasteiger partial charge in [-0.3, -0.25) is 9.59 Å². The molecule has 1 amide bonds. The third kappa shape index (κ3) is 4.54. The zero-order valence-corrected chi connectivity index (χ0v) is 9.79. The van der Waals surface area contributed by atoms with E-state index in [1.165, 1.54) is 0 Å². The molecular weight excluding hydrogens is 251 g/mol. The number of carboxylic acid groups (broad SMARTS) is 1. The van der Waals surface area contributed by atoms with Crippen molar-refractivity contribution in [2.75, 3.05) is 6.54 Å².